The van der Waals surface area contributed by atoms with E-state index in [0.717, 1.165) is 5.56 Å². The van der Waals surface area contributed by atoms with E-state index in [1.807, 2.05) is 24.3 Å². The molecule has 1 aromatic rings. The molecule has 3 N–H and O–H groups in total. The molecule has 0 unspecified atom stereocenters. The summed E-state index contributed by atoms with van der Waals surface area (Å²) in [4.78, 5) is 12.1. The third-order valence-corrected chi connectivity index (χ3v) is 4.31. The van der Waals surface area contributed by atoms with E-state index >= 15 is 0 Å². The summed E-state index contributed by atoms with van der Waals surface area (Å²) in [5.41, 5.74) is 7.44. The van der Waals surface area contributed by atoms with Gasteiger partial charge in [-0.25, -0.2) is 0 Å². The average Bonchev–Trinajstić information content (AvgIpc) is 2.67. The van der Waals surface area contributed by atoms with Crippen LogP contribution in [0.4, 0.5) is 5.69 Å². The summed E-state index contributed by atoms with van der Waals surface area (Å²) in [6.45, 7) is 2.15. The zero-order valence-corrected chi connectivity index (χ0v) is 12.4. The Morgan fingerprint density at radius 2 is 2.00 bits per heavy atom. The third-order valence-electron chi connectivity index (χ3n) is 4.31. The highest BCUT2D eigenvalue weighted by Gasteiger charge is 2.20. The number of rotatable bonds is 4. The third kappa shape index (κ3) is 4.55. The van der Waals surface area contributed by atoms with Gasteiger partial charge in [0.25, 0.3) is 0 Å². The van der Waals surface area contributed by atoms with Crippen molar-refractivity contribution in [2.75, 3.05) is 5.73 Å². The number of nitrogens with one attached hydrogen (secondary N) is 1. The van der Waals surface area contributed by atoms with Gasteiger partial charge in [-0.05, 0) is 43.4 Å². The second-order valence-corrected chi connectivity index (χ2v) is 6.03. The van der Waals surface area contributed by atoms with Crippen molar-refractivity contribution in [2.24, 2.45) is 5.92 Å². The molecule has 2 rings (SSSR count). The van der Waals surface area contributed by atoms with Gasteiger partial charge in [0.05, 0.1) is 6.42 Å². The molecule has 1 atom stereocenters. The van der Waals surface area contributed by atoms with Gasteiger partial charge in [0.1, 0.15) is 0 Å². The Hall–Kier alpha value is -1.51. The number of nitrogens with two attached hydrogens (primary N) is 1. The highest BCUT2D eigenvalue weighted by Crippen LogP contribution is 2.25. The van der Waals surface area contributed by atoms with Gasteiger partial charge in [-0.2, -0.15) is 0 Å². The van der Waals surface area contributed by atoms with Gasteiger partial charge in [-0.15, -0.1) is 0 Å². The molecular weight excluding hydrogens is 248 g/mol. The Morgan fingerprint density at radius 3 is 2.65 bits per heavy atom. The Morgan fingerprint density at radius 1 is 1.30 bits per heavy atom. The fraction of sp³-hybridized carbons (Fsp3) is 0.588. The van der Waals surface area contributed by atoms with E-state index in [9.17, 15) is 4.79 Å². The van der Waals surface area contributed by atoms with Gasteiger partial charge in [-0.3, -0.25) is 4.79 Å². The van der Waals surface area contributed by atoms with Crippen LogP contribution in [-0.2, 0) is 11.2 Å². The van der Waals surface area contributed by atoms with Crippen LogP contribution in [0.2, 0.25) is 0 Å². The van der Waals surface area contributed by atoms with Crippen molar-refractivity contribution in [1.29, 1.82) is 0 Å². The molecule has 1 aliphatic rings. The van der Waals surface area contributed by atoms with Crippen LogP contribution in [0.15, 0.2) is 24.3 Å². The number of amides is 1. The first-order chi connectivity index (χ1) is 9.65. The van der Waals surface area contributed by atoms with Crippen LogP contribution in [0, 0.1) is 5.92 Å². The highest BCUT2D eigenvalue weighted by molar-refractivity contribution is 5.79. The molecule has 0 heterocycles. The first kappa shape index (κ1) is 14.9. The standard InChI is InChI=1S/C17H26N2O/c1-13(15-8-4-2-3-5-9-15)19-17(20)12-14-7-6-10-16(18)11-14/h6-7,10-11,13,15H,2-5,8-9,12,18H2,1H3,(H,19,20)/t13-/m0/s1. The first-order valence-corrected chi connectivity index (χ1v) is 7.79. The van der Waals surface area contributed by atoms with E-state index in [2.05, 4.69) is 12.2 Å². The molecule has 20 heavy (non-hydrogen) atoms. The summed E-state index contributed by atoms with van der Waals surface area (Å²) in [6.07, 6.45) is 8.22. The maximum Gasteiger partial charge on any atom is 0.224 e. The SMILES string of the molecule is C[C@H](NC(=O)Cc1cccc(N)c1)C1CCCCCC1. The average molecular weight is 274 g/mol. The minimum atomic E-state index is 0.104. The van der Waals surface area contributed by atoms with Gasteiger partial charge in [0.15, 0.2) is 0 Å². The van der Waals surface area contributed by atoms with E-state index in [0.29, 0.717) is 18.0 Å². The second kappa shape index (κ2) is 7.32. The van der Waals surface area contributed by atoms with Crippen molar-refractivity contribution in [3.63, 3.8) is 0 Å². The zero-order valence-electron chi connectivity index (χ0n) is 12.4. The minimum absolute atomic E-state index is 0.104. The lowest BCUT2D eigenvalue weighted by Gasteiger charge is -2.23. The Kier molecular flexibility index (Phi) is 5.45. The van der Waals surface area contributed by atoms with Gasteiger partial charge in [0.2, 0.25) is 5.91 Å². The molecule has 0 saturated heterocycles. The fourth-order valence-corrected chi connectivity index (χ4v) is 3.12. The molecule has 110 valence electrons. The fourth-order valence-electron chi connectivity index (χ4n) is 3.12. The monoisotopic (exact) mass is 274 g/mol. The Balaban J connectivity index is 1.84. The molecule has 3 heteroatoms. The zero-order chi connectivity index (χ0) is 14.4. The van der Waals surface area contributed by atoms with E-state index < -0.39 is 0 Å². The van der Waals surface area contributed by atoms with E-state index in [-0.39, 0.29) is 11.9 Å². The van der Waals surface area contributed by atoms with Crippen molar-refractivity contribution in [1.82, 2.24) is 5.32 Å². The molecule has 0 bridgehead atoms. The summed E-state index contributed by atoms with van der Waals surface area (Å²) >= 11 is 0. The van der Waals surface area contributed by atoms with Crippen LogP contribution >= 0.6 is 0 Å². The Labute approximate surface area is 121 Å². The normalized spacial score (nSPS) is 18.2. The number of carbonyl (C=O) groups is 1. The molecule has 1 saturated carbocycles. The predicted molar refractivity (Wildman–Crippen MR) is 83.4 cm³/mol. The molecule has 1 aliphatic carbocycles. The van der Waals surface area contributed by atoms with Crippen molar-refractivity contribution >= 4 is 11.6 Å². The number of benzene rings is 1. The number of anilines is 1. The van der Waals surface area contributed by atoms with Crippen molar-refractivity contribution in [3.8, 4) is 0 Å². The maximum atomic E-state index is 12.1. The summed E-state index contributed by atoms with van der Waals surface area (Å²) in [5.74, 6) is 0.745. The van der Waals surface area contributed by atoms with Crippen LogP contribution in [-0.4, -0.2) is 11.9 Å². The highest BCUT2D eigenvalue weighted by atomic mass is 16.1. The van der Waals surface area contributed by atoms with Crippen molar-refractivity contribution < 1.29 is 4.79 Å². The molecule has 3 nitrogen and oxygen atoms in total. The van der Waals surface area contributed by atoms with Gasteiger partial charge in [0, 0.05) is 11.7 Å². The van der Waals surface area contributed by atoms with Gasteiger partial charge >= 0.3 is 0 Å². The lowest BCUT2D eigenvalue weighted by molar-refractivity contribution is -0.121. The van der Waals surface area contributed by atoms with E-state index in [1.54, 1.807) is 0 Å². The van der Waals surface area contributed by atoms with Gasteiger partial charge < -0.3 is 11.1 Å². The van der Waals surface area contributed by atoms with Crippen molar-refractivity contribution in [3.05, 3.63) is 29.8 Å². The van der Waals surface area contributed by atoms with Crippen LogP contribution in [0.5, 0.6) is 0 Å². The van der Waals surface area contributed by atoms with E-state index in [1.165, 1.54) is 38.5 Å². The largest absolute Gasteiger partial charge is 0.399 e. The molecule has 0 radical (unpaired) electrons. The lowest BCUT2D eigenvalue weighted by Crippen LogP contribution is -2.38. The molecule has 0 aliphatic heterocycles. The molecule has 0 spiro atoms. The number of nitrogen functional groups attached to an aromatic ring is 1. The van der Waals surface area contributed by atoms with Crippen LogP contribution in [0.3, 0.4) is 0 Å². The molecule has 1 aromatic carbocycles. The summed E-state index contributed by atoms with van der Waals surface area (Å²) in [5, 5.41) is 3.17. The van der Waals surface area contributed by atoms with Crippen LogP contribution < -0.4 is 11.1 Å². The quantitative estimate of drug-likeness (QED) is 0.654. The molecule has 1 fully saturated rings. The minimum Gasteiger partial charge on any atom is -0.399 e. The topological polar surface area (TPSA) is 55.1 Å². The molecule has 1 amide bonds. The smallest absolute Gasteiger partial charge is 0.224 e. The van der Waals surface area contributed by atoms with Gasteiger partial charge in [-0.1, -0.05) is 37.8 Å². The van der Waals surface area contributed by atoms with E-state index in [4.69, 9.17) is 5.73 Å². The number of hydrogen-bond acceptors (Lipinski definition) is 2. The summed E-state index contributed by atoms with van der Waals surface area (Å²) < 4.78 is 0. The molecular formula is C17H26N2O. The van der Waals surface area contributed by atoms with Crippen LogP contribution in [0.1, 0.15) is 51.0 Å². The lowest BCUT2D eigenvalue weighted by atomic mass is 9.93. The summed E-state index contributed by atoms with van der Waals surface area (Å²) in [7, 11) is 0. The van der Waals surface area contributed by atoms with Crippen LogP contribution in [0.25, 0.3) is 0 Å². The summed E-state index contributed by atoms with van der Waals surface area (Å²) in [6, 6.07) is 7.84. The van der Waals surface area contributed by atoms with Crippen molar-refractivity contribution in [2.45, 2.75) is 57.9 Å². The maximum absolute atomic E-state index is 12.1. The second-order valence-electron chi connectivity index (χ2n) is 6.03. The molecule has 0 aromatic heterocycles. The number of hydrogen-bond donors (Lipinski definition) is 2. The number of carbonyl (C=O) groups excluding carboxylic acids is 1. The first-order valence-electron chi connectivity index (χ1n) is 7.79. The Bertz CT molecular complexity index is 436. The predicted octanol–water partition coefficient (Wildman–Crippen LogP) is 3.29.